The fraction of sp³-hybridized carbons (Fsp3) is 0.167. The molecule has 1 N–H and O–H groups in total. The zero-order chi connectivity index (χ0) is 14.2. The van der Waals surface area contributed by atoms with E-state index in [-0.39, 0.29) is 0 Å². The third-order valence-electron chi connectivity index (χ3n) is 2.64. The van der Waals surface area contributed by atoms with Gasteiger partial charge in [0.05, 0.1) is 9.47 Å². The lowest BCUT2D eigenvalue weighted by Gasteiger charge is -2.11. The predicted molar refractivity (Wildman–Crippen MR) is 86.4 cm³/mol. The molecule has 102 valence electrons. The summed E-state index contributed by atoms with van der Waals surface area (Å²) in [6.07, 6.45) is 0. The van der Waals surface area contributed by atoms with E-state index >= 15 is 0 Å². The molecule has 19 heavy (non-hydrogen) atoms. The Bertz CT molecular complexity index is 723. The highest BCUT2D eigenvalue weighted by Gasteiger charge is 2.20. The Morgan fingerprint density at radius 3 is 2.47 bits per heavy atom. The zero-order valence-corrected chi connectivity index (χ0v) is 15.0. The summed E-state index contributed by atoms with van der Waals surface area (Å²) >= 11 is 8.10. The molecule has 2 aromatic rings. The number of hydrogen-bond acceptors (Lipinski definition) is 3. The van der Waals surface area contributed by atoms with Gasteiger partial charge in [0, 0.05) is 9.35 Å². The molecule has 3 nitrogen and oxygen atoms in total. The number of halogens is 2. The molecule has 0 saturated heterocycles. The third kappa shape index (κ3) is 3.21. The lowest BCUT2D eigenvalue weighted by atomic mass is 10.2. The average molecular weight is 425 g/mol. The van der Waals surface area contributed by atoms with Gasteiger partial charge in [-0.2, -0.15) is 0 Å². The van der Waals surface area contributed by atoms with Crippen LogP contribution in [0.15, 0.2) is 37.4 Å². The van der Waals surface area contributed by atoms with Gasteiger partial charge in [-0.05, 0) is 53.5 Å². The molecular weight excluding hydrogens is 414 g/mol. The van der Waals surface area contributed by atoms with Gasteiger partial charge in [-0.15, -0.1) is 11.3 Å². The van der Waals surface area contributed by atoms with E-state index in [2.05, 4.69) is 36.6 Å². The first-order chi connectivity index (χ1) is 8.81. The highest BCUT2D eigenvalue weighted by atomic mass is 79.9. The predicted octanol–water partition coefficient (Wildman–Crippen LogP) is 4.69. The smallest absolute Gasteiger partial charge is 0.263 e. The molecule has 7 heteroatoms. The maximum atomic E-state index is 12.4. The lowest BCUT2D eigenvalue weighted by molar-refractivity contribution is 0.601. The third-order valence-corrected chi connectivity index (χ3v) is 6.68. The van der Waals surface area contributed by atoms with Crippen LogP contribution in [0, 0.1) is 13.8 Å². The summed E-state index contributed by atoms with van der Waals surface area (Å²) in [4.78, 5) is 1.07. The van der Waals surface area contributed by atoms with Gasteiger partial charge in [0.25, 0.3) is 10.0 Å². The van der Waals surface area contributed by atoms with E-state index in [0.717, 1.165) is 18.7 Å². The summed E-state index contributed by atoms with van der Waals surface area (Å²) in [5, 5.41) is 0. The quantitative estimate of drug-likeness (QED) is 0.776. The molecule has 0 saturated carbocycles. The molecule has 0 unspecified atom stereocenters. The Hall–Kier alpha value is -0.370. The highest BCUT2D eigenvalue weighted by Crippen LogP contribution is 2.32. The van der Waals surface area contributed by atoms with Crippen molar-refractivity contribution in [3.8, 4) is 0 Å². The molecule has 0 aliphatic heterocycles. The van der Waals surface area contributed by atoms with Crippen molar-refractivity contribution in [3.63, 3.8) is 0 Å². The fourth-order valence-electron chi connectivity index (χ4n) is 1.62. The molecule has 0 aliphatic carbocycles. The SMILES string of the molecule is Cc1sc(Br)cc1S(=O)(=O)Nc1cccc(Br)c1C. The number of hydrogen-bond donors (Lipinski definition) is 1. The molecule has 2 rings (SSSR count). The van der Waals surface area contributed by atoms with Crippen molar-refractivity contribution in [2.24, 2.45) is 0 Å². The second-order valence-corrected chi connectivity index (χ2v) is 9.13. The fourth-order valence-corrected chi connectivity index (χ4v) is 5.52. The normalized spacial score (nSPS) is 11.6. The van der Waals surface area contributed by atoms with E-state index in [4.69, 9.17) is 0 Å². The highest BCUT2D eigenvalue weighted by molar-refractivity contribution is 9.11. The van der Waals surface area contributed by atoms with Gasteiger partial charge in [-0.3, -0.25) is 4.72 Å². The Kier molecular flexibility index (Phi) is 4.39. The maximum Gasteiger partial charge on any atom is 0.263 e. The number of nitrogens with one attached hydrogen (secondary N) is 1. The van der Waals surface area contributed by atoms with Crippen molar-refractivity contribution in [2.45, 2.75) is 18.7 Å². The molecule has 0 atom stereocenters. The molecule has 0 radical (unpaired) electrons. The van der Waals surface area contributed by atoms with Crippen LogP contribution in [0.1, 0.15) is 10.4 Å². The monoisotopic (exact) mass is 423 g/mol. The number of aryl methyl sites for hydroxylation is 1. The molecule has 0 fully saturated rings. The Balaban J connectivity index is 2.42. The van der Waals surface area contributed by atoms with Crippen LogP contribution in [0.4, 0.5) is 5.69 Å². The van der Waals surface area contributed by atoms with Crippen molar-refractivity contribution >= 4 is 58.9 Å². The second kappa shape index (κ2) is 5.55. The van der Waals surface area contributed by atoms with Crippen LogP contribution in [0.2, 0.25) is 0 Å². The van der Waals surface area contributed by atoms with Crippen molar-refractivity contribution < 1.29 is 8.42 Å². The van der Waals surface area contributed by atoms with Gasteiger partial charge in [0.1, 0.15) is 4.90 Å². The minimum Gasteiger partial charge on any atom is -0.279 e. The van der Waals surface area contributed by atoms with E-state index in [1.807, 2.05) is 13.0 Å². The average Bonchev–Trinajstić information content (AvgIpc) is 2.65. The van der Waals surface area contributed by atoms with Crippen LogP contribution in [-0.2, 0) is 10.0 Å². The minimum absolute atomic E-state index is 0.309. The molecule has 1 aromatic heterocycles. The Morgan fingerprint density at radius 2 is 1.89 bits per heavy atom. The van der Waals surface area contributed by atoms with Gasteiger partial charge < -0.3 is 0 Å². The van der Waals surface area contributed by atoms with Crippen LogP contribution < -0.4 is 4.72 Å². The first kappa shape index (κ1) is 15.0. The Labute approximate surface area is 133 Å². The van der Waals surface area contributed by atoms with Crippen molar-refractivity contribution in [1.82, 2.24) is 0 Å². The van der Waals surface area contributed by atoms with E-state index in [9.17, 15) is 8.42 Å². The zero-order valence-electron chi connectivity index (χ0n) is 10.2. The molecule has 1 heterocycles. The van der Waals surface area contributed by atoms with Gasteiger partial charge in [-0.25, -0.2) is 8.42 Å². The van der Waals surface area contributed by atoms with E-state index < -0.39 is 10.0 Å². The summed E-state index contributed by atoms with van der Waals surface area (Å²) in [5.41, 5.74) is 1.44. The van der Waals surface area contributed by atoms with E-state index in [1.54, 1.807) is 25.1 Å². The summed E-state index contributed by atoms with van der Waals surface area (Å²) in [6, 6.07) is 7.04. The first-order valence-electron chi connectivity index (χ1n) is 5.35. The lowest BCUT2D eigenvalue weighted by Crippen LogP contribution is -2.14. The molecular formula is C12H11Br2NO2S2. The van der Waals surface area contributed by atoms with Crippen LogP contribution >= 0.6 is 43.2 Å². The van der Waals surface area contributed by atoms with Crippen LogP contribution in [0.5, 0.6) is 0 Å². The van der Waals surface area contributed by atoms with Crippen molar-refractivity contribution in [1.29, 1.82) is 0 Å². The maximum absolute atomic E-state index is 12.4. The topological polar surface area (TPSA) is 46.2 Å². The van der Waals surface area contributed by atoms with Crippen molar-refractivity contribution in [3.05, 3.63) is 43.0 Å². The number of sulfonamides is 1. The number of thiophene rings is 1. The summed E-state index contributed by atoms with van der Waals surface area (Å²) < 4.78 is 29.0. The van der Waals surface area contributed by atoms with Crippen molar-refractivity contribution in [2.75, 3.05) is 4.72 Å². The molecule has 0 aliphatic rings. The van der Waals surface area contributed by atoms with E-state index in [1.165, 1.54) is 11.3 Å². The summed E-state index contributed by atoms with van der Waals surface area (Å²) in [7, 11) is -3.55. The molecule has 1 aromatic carbocycles. The van der Waals surface area contributed by atoms with Gasteiger partial charge >= 0.3 is 0 Å². The van der Waals surface area contributed by atoms with Gasteiger partial charge in [0.2, 0.25) is 0 Å². The number of rotatable bonds is 3. The standard InChI is InChI=1S/C12H11Br2NO2S2/c1-7-9(13)4-3-5-10(7)15-19(16,17)11-6-12(14)18-8(11)2/h3-6,15H,1-2H3. The first-order valence-corrected chi connectivity index (χ1v) is 9.23. The van der Waals surface area contributed by atoms with Crippen LogP contribution in [0.25, 0.3) is 0 Å². The minimum atomic E-state index is -3.55. The largest absolute Gasteiger partial charge is 0.279 e. The summed E-state index contributed by atoms with van der Waals surface area (Å²) in [5.74, 6) is 0. The molecule has 0 spiro atoms. The second-order valence-electron chi connectivity index (χ2n) is 3.99. The molecule has 0 amide bonds. The number of benzene rings is 1. The van der Waals surface area contributed by atoms with Gasteiger partial charge in [0.15, 0.2) is 0 Å². The van der Waals surface area contributed by atoms with Gasteiger partial charge in [-0.1, -0.05) is 22.0 Å². The molecule has 0 bridgehead atoms. The summed E-state index contributed by atoms with van der Waals surface area (Å²) in [6.45, 7) is 3.65. The van der Waals surface area contributed by atoms with Crippen LogP contribution in [-0.4, -0.2) is 8.42 Å². The van der Waals surface area contributed by atoms with E-state index in [0.29, 0.717) is 10.6 Å². The number of anilines is 1. The van der Waals surface area contributed by atoms with Crippen LogP contribution in [0.3, 0.4) is 0 Å². The Morgan fingerprint density at radius 1 is 1.21 bits per heavy atom.